The van der Waals surface area contributed by atoms with Gasteiger partial charge in [-0.3, -0.25) is 20.4 Å². The van der Waals surface area contributed by atoms with Gasteiger partial charge in [-0.15, -0.1) is 10.2 Å². The first kappa shape index (κ1) is 20.0. The van der Waals surface area contributed by atoms with Crippen molar-refractivity contribution in [1.29, 1.82) is 0 Å². The van der Waals surface area contributed by atoms with Crippen LogP contribution in [0.15, 0.2) is 73.3 Å². The molecule has 0 unspecified atom stereocenters. The van der Waals surface area contributed by atoms with Gasteiger partial charge in [0.25, 0.3) is 11.8 Å². The van der Waals surface area contributed by atoms with Crippen molar-refractivity contribution in [3.63, 3.8) is 0 Å². The van der Waals surface area contributed by atoms with E-state index in [1.54, 1.807) is 48.1 Å². The van der Waals surface area contributed by atoms with Crippen molar-refractivity contribution in [3.8, 4) is 11.4 Å². The maximum atomic E-state index is 12.3. The van der Waals surface area contributed by atoms with Gasteiger partial charge in [-0.05, 0) is 29.8 Å². The van der Waals surface area contributed by atoms with E-state index in [1.807, 2.05) is 30.3 Å². The minimum absolute atomic E-state index is 0.352. The van der Waals surface area contributed by atoms with Gasteiger partial charge in [0, 0.05) is 23.5 Å². The molecule has 0 aliphatic carbocycles. The fourth-order valence-corrected chi connectivity index (χ4v) is 2.87. The predicted octanol–water partition coefficient (Wildman–Crippen LogP) is 1.61. The Hall–Kier alpha value is -4.34. The zero-order chi connectivity index (χ0) is 21.6. The van der Waals surface area contributed by atoms with Crippen molar-refractivity contribution in [1.82, 2.24) is 40.6 Å². The third-order valence-corrected chi connectivity index (χ3v) is 4.68. The summed E-state index contributed by atoms with van der Waals surface area (Å²) in [5.41, 5.74) is 7.06. The van der Waals surface area contributed by atoms with Gasteiger partial charge >= 0.3 is 0 Å². The van der Waals surface area contributed by atoms with Crippen LogP contribution in [0.2, 0.25) is 0 Å². The molecule has 2 heterocycles. The summed E-state index contributed by atoms with van der Waals surface area (Å²) in [5, 5.41) is 12.5. The van der Waals surface area contributed by atoms with Crippen molar-refractivity contribution in [2.75, 3.05) is 0 Å². The van der Waals surface area contributed by atoms with Gasteiger partial charge in [0.05, 0.1) is 12.9 Å². The molecule has 156 valence electrons. The molecule has 0 spiro atoms. The number of carbonyl (C=O) groups is 2. The van der Waals surface area contributed by atoms with Gasteiger partial charge < -0.3 is 4.57 Å². The molecule has 0 aliphatic heterocycles. The highest BCUT2D eigenvalue weighted by Crippen LogP contribution is 2.12. The third kappa shape index (κ3) is 4.81. The number of tetrazole rings is 1. The Labute approximate surface area is 177 Å². The number of amides is 2. The van der Waals surface area contributed by atoms with Crippen molar-refractivity contribution in [3.05, 3.63) is 84.4 Å². The van der Waals surface area contributed by atoms with E-state index in [-0.39, 0.29) is 5.91 Å². The molecule has 2 aromatic heterocycles. The molecule has 1 atom stereocenters. The Morgan fingerprint density at radius 1 is 1.03 bits per heavy atom. The fraction of sp³-hybridized carbons (Fsp3) is 0.143. The molecule has 0 saturated heterocycles. The number of hydrogen-bond donors (Lipinski definition) is 2. The first-order valence-electron chi connectivity index (χ1n) is 9.60. The van der Waals surface area contributed by atoms with Crippen LogP contribution in [0, 0.1) is 0 Å². The molecule has 0 radical (unpaired) electrons. The molecule has 10 heteroatoms. The first-order valence-corrected chi connectivity index (χ1v) is 9.60. The second kappa shape index (κ2) is 8.99. The number of aromatic nitrogens is 6. The first-order chi connectivity index (χ1) is 15.1. The van der Waals surface area contributed by atoms with Crippen molar-refractivity contribution >= 4 is 11.8 Å². The number of benzene rings is 2. The van der Waals surface area contributed by atoms with Gasteiger partial charge in [-0.2, -0.15) is 4.80 Å². The standard InChI is InChI=1S/C21H20N8O2/c1-15(28-12-11-22-14-28)20(30)24-25-21(31)18-9-7-16(8-10-18)13-29-26-19(23-27-29)17-5-3-2-4-6-17/h2-12,14-15H,13H2,1H3,(H,24,30)(H,25,31)/t15-/m1/s1. The smallest absolute Gasteiger partial charge is 0.269 e. The molecule has 0 saturated carbocycles. The van der Waals surface area contributed by atoms with Crippen LogP contribution < -0.4 is 10.9 Å². The van der Waals surface area contributed by atoms with E-state index in [0.717, 1.165) is 11.1 Å². The van der Waals surface area contributed by atoms with Crippen LogP contribution in [-0.4, -0.2) is 41.6 Å². The Morgan fingerprint density at radius 3 is 2.52 bits per heavy atom. The number of nitrogens with zero attached hydrogens (tertiary/aromatic N) is 6. The SMILES string of the molecule is C[C@H](C(=O)NNC(=O)c1ccc(Cn2nnc(-c3ccccc3)n2)cc1)n1ccnc1. The number of imidazole rings is 1. The molecule has 4 aromatic rings. The lowest BCUT2D eigenvalue weighted by atomic mass is 10.1. The Balaban J connectivity index is 1.32. The van der Waals surface area contributed by atoms with Crippen molar-refractivity contribution in [2.24, 2.45) is 0 Å². The topological polar surface area (TPSA) is 120 Å². The molecule has 0 fully saturated rings. The van der Waals surface area contributed by atoms with Crippen LogP contribution in [0.25, 0.3) is 11.4 Å². The van der Waals surface area contributed by atoms with E-state index >= 15 is 0 Å². The summed E-state index contributed by atoms with van der Waals surface area (Å²) in [6.07, 6.45) is 4.80. The maximum absolute atomic E-state index is 12.3. The van der Waals surface area contributed by atoms with E-state index < -0.39 is 11.9 Å². The second-order valence-corrected chi connectivity index (χ2v) is 6.84. The summed E-state index contributed by atoms with van der Waals surface area (Å²) >= 11 is 0. The monoisotopic (exact) mass is 416 g/mol. The van der Waals surface area contributed by atoms with E-state index in [0.29, 0.717) is 17.9 Å². The highest BCUT2D eigenvalue weighted by molar-refractivity contribution is 5.95. The molecule has 0 aliphatic rings. The predicted molar refractivity (Wildman–Crippen MR) is 111 cm³/mol. The second-order valence-electron chi connectivity index (χ2n) is 6.84. The van der Waals surface area contributed by atoms with Crippen LogP contribution >= 0.6 is 0 Å². The van der Waals surface area contributed by atoms with Crippen LogP contribution in [-0.2, 0) is 11.3 Å². The van der Waals surface area contributed by atoms with Crippen molar-refractivity contribution < 1.29 is 9.59 Å². The Bertz CT molecular complexity index is 1150. The quantitative estimate of drug-likeness (QED) is 0.461. The summed E-state index contributed by atoms with van der Waals surface area (Å²) in [6.45, 7) is 2.13. The van der Waals surface area contributed by atoms with Crippen LogP contribution in [0.3, 0.4) is 0 Å². The molecule has 4 rings (SSSR count). The average Bonchev–Trinajstić information content (AvgIpc) is 3.50. The summed E-state index contributed by atoms with van der Waals surface area (Å²) in [5.74, 6) is -0.213. The lowest BCUT2D eigenvalue weighted by Crippen LogP contribution is -2.44. The summed E-state index contributed by atoms with van der Waals surface area (Å²) in [6, 6.07) is 16.1. The third-order valence-electron chi connectivity index (χ3n) is 4.68. The lowest BCUT2D eigenvalue weighted by Gasteiger charge is -2.14. The summed E-state index contributed by atoms with van der Waals surface area (Å²) in [4.78, 5) is 29.8. The molecule has 0 bridgehead atoms. The van der Waals surface area contributed by atoms with Crippen LogP contribution in [0.5, 0.6) is 0 Å². The molecular formula is C21H20N8O2. The van der Waals surface area contributed by atoms with E-state index in [1.165, 1.54) is 11.1 Å². The number of rotatable bonds is 6. The maximum Gasteiger partial charge on any atom is 0.269 e. The van der Waals surface area contributed by atoms with E-state index in [4.69, 9.17) is 0 Å². The molecule has 10 nitrogen and oxygen atoms in total. The molecule has 2 N–H and O–H groups in total. The van der Waals surface area contributed by atoms with Crippen LogP contribution in [0.4, 0.5) is 0 Å². The highest BCUT2D eigenvalue weighted by Gasteiger charge is 2.15. The average molecular weight is 416 g/mol. The van der Waals surface area contributed by atoms with Gasteiger partial charge in [0.15, 0.2) is 0 Å². The zero-order valence-corrected chi connectivity index (χ0v) is 16.7. The number of carbonyl (C=O) groups excluding carboxylic acids is 2. The number of hydrogen-bond acceptors (Lipinski definition) is 6. The minimum Gasteiger partial charge on any atom is -0.325 e. The van der Waals surface area contributed by atoms with Crippen LogP contribution in [0.1, 0.15) is 28.9 Å². The Morgan fingerprint density at radius 2 is 1.81 bits per heavy atom. The largest absolute Gasteiger partial charge is 0.325 e. The van der Waals surface area contributed by atoms with Gasteiger partial charge in [0.1, 0.15) is 6.04 Å². The van der Waals surface area contributed by atoms with Gasteiger partial charge in [-0.25, -0.2) is 4.98 Å². The molecule has 2 amide bonds. The Kier molecular flexibility index (Phi) is 5.79. The summed E-state index contributed by atoms with van der Waals surface area (Å²) < 4.78 is 1.64. The fourth-order valence-electron chi connectivity index (χ4n) is 2.87. The number of nitrogens with one attached hydrogen (secondary N) is 2. The normalized spacial score (nSPS) is 11.6. The lowest BCUT2D eigenvalue weighted by molar-refractivity contribution is -0.124. The van der Waals surface area contributed by atoms with E-state index in [2.05, 4.69) is 31.2 Å². The number of hydrazine groups is 1. The molecule has 31 heavy (non-hydrogen) atoms. The molecular weight excluding hydrogens is 396 g/mol. The molecule has 2 aromatic carbocycles. The van der Waals surface area contributed by atoms with Crippen molar-refractivity contribution in [2.45, 2.75) is 19.5 Å². The zero-order valence-electron chi connectivity index (χ0n) is 16.7. The van der Waals surface area contributed by atoms with Gasteiger partial charge in [0.2, 0.25) is 5.82 Å². The van der Waals surface area contributed by atoms with Gasteiger partial charge in [-0.1, -0.05) is 42.5 Å². The highest BCUT2D eigenvalue weighted by atomic mass is 16.2. The van der Waals surface area contributed by atoms with E-state index in [9.17, 15) is 9.59 Å². The minimum atomic E-state index is -0.499. The summed E-state index contributed by atoms with van der Waals surface area (Å²) in [7, 11) is 0.